The average Bonchev–Trinajstić information content (AvgIpc) is 2.13. The van der Waals surface area contributed by atoms with Crippen LogP contribution in [0, 0.1) is 19.3 Å². The summed E-state index contributed by atoms with van der Waals surface area (Å²) in [5.74, 6) is 0. The van der Waals surface area contributed by atoms with Gasteiger partial charge in [0, 0.05) is 12.0 Å². The fraction of sp³-hybridized carbons (Fsp3) is 0.625. The molecule has 2 saturated carbocycles. The molecular weight excluding hydrogens is 206 g/mol. The van der Waals surface area contributed by atoms with E-state index in [9.17, 15) is 0 Å². The summed E-state index contributed by atoms with van der Waals surface area (Å²) in [7, 11) is 0. The van der Waals surface area contributed by atoms with Crippen LogP contribution >= 0.6 is 0 Å². The van der Waals surface area contributed by atoms with Gasteiger partial charge in [0.1, 0.15) is 0 Å². The van der Waals surface area contributed by atoms with Crippen LogP contribution in [0.25, 0.3) is 0 Å². The van der Waals surface area contributed by atoms with Crippen LogP contribution < -0.4 is 5.73 Å². The zero-order valence-corrected chi connectivity index (χ0v) is 11.1. The molecule has 0 unspecified atom stereocenters. The fourth-order valence-electron chi connectivity index (χ4n) is 4.16. The maximum Gasteiger partial charge on any atom is 0.00863 e. The normalized spacial score (nSPS) is 24.2. The molecule has 0 aromatic heterocycles. The number of benzene rings is 1. The lowest BCUT2D eigenvalue weighted by Gasteiger charge is -2.61. The van der Waals surface area contributed by atoms with E-state index < -0.39 is 0 Å². The monoisotopic (exact) mass is 229 g/mol. The van der Waals surface area contributed by atoms with Gasteiger partial charge < -0.3 is 5.73 Å². The minimum Gasteiger partial charge on any atom is -0.330 e. The largest absolute Gasteiger partial charge is 0.330 e. The van der Waals surface area contributed by atoms with Crippen molar-refractivity contribution in [2.45, 2.75) is 51.4 Å². The Morgan fingerprint density at radius 2 is 1.65 bits per heavy atom. The van der Waals surface area contributed by atoms with E-state index in [0.717, 1.165) is 6.54 Å². The number of aryl methyl sites for hydroxylation is 2. The summed E-state index contributed by atoms with van der Waals surface area (Å²) in [6.07, 6.45) is 6.99. The summed E-state index contributed by atoms with van der Waals surface area (Å²) in [5.41, 5.74) is 11.3. The fourth-order valence-corrected chi connectivity index (χ4v) is 4.16. The number of hydrogen-bond acceptors (Lipinski definition) is 1. The Morgan fingerprint density at radius 3 is 2.06 bits per heavy atom. The van der Waals surface area contributed by atoms with Gasteiger partial charge in [0.05, 0.1) is 0 Å². The van der Waals surface area contributed by atoms with Crippen molar-refractivity contribution in [1.29, 1.82) is 0 Å². The van der Waals surface area contributed by atoms with Crippen molar-refractivity contribution in [3.8, 4) is 0 Å². The third-order valence-electron chi connectivity index (χ3n) is 5.07. The van der Waals surface area contributed by atoms with Gasteiger partial charge in [-0.1, -0.05) is 35.7 Å². The van der Waals surface area contributed by atoms with E-state index in [1.54, 1.807) is 0 Å². The highest BCUT2D eigenvalue weighted by Crippen LogP contribution is 2.64. The molecule has 2 fully saturated rings. The highest BCUT2D eigenvalue weighted by Gasteiger charge is 2.56. The number of nitrogens with two attached hydrogens (primary N) is 1. The molecule has 0 bridgehead atoms. The Balaban J connectivity index is 1.90. The van der Waals surface area contributed by atoms with Crippen molar-refractivity contribution in [2.75, 3.05) is 6.54 Å². The van der Waals surface area contributed by atoms with Crippen LogP contribution in [0.3, 0.4) is 0 Å². The highest BCUT2D eigenvalue weighted by molar-refractivity contribution is 5.38. The second kappa shape index (κ2) is 3.58. The summed E-state index contributed by atoms with van der Waals surface area (Å²) in [6.45, 7) is 5.20. The molecular formula is C16H23N. The molecule has 92 valence electrons. The van der Waals surface area contributed by atoms with Crippen molar-refractivity contribution in [3.05, 3.63) is 34.9 Å². The molecule has 1 aromatic rings. The van der Waals surface area contributed by atoms with Crippen LogP contribution in [0.1, 0.15) is 48.8 Å². The number of rotatable bonds is 2. The first-order valence-corrected chi connectivity index (χ1v) is 6.87. The number of hydrogen-bond donors (Lipinski definition) is 1. The maximum atomic E-state index is 6.10. The standard InChI is InChI=1S/C16H23N/c1-12-6-13(2)8-14(7-12)16(11-17)9-15(10-16)4-3-5-15/h6-8H,3-5,9-11,17H2,1-2H3. The minimum absolute atomic E-state index is 0.303. The van der Waals surface area contributed by atoms with Gasteiger partial charge in [-0.05, 0) is 50.5 Å². The van der Waals surface area contributed by atoms with E-state index in [1.807, 2.05) is 0 Å². The molecule has 2 aliphatic carbocycles. The molecule has 0 saturated heterocycles. The first-order valence-electron chi connectivity index (χ1n) is 6.87. The third kappa shape index (κ3) is 1.63. The van der Waals surface area contributed by atoms with Gasteiger partial charge in [-0.2, -0.15) is 0 Å². The van der Waals surface area contributed by atoms with E-state index in [1.165, 1.54) is 48.8 Å². The lowest BCUT2D eigenvalue weighted by atomic mass is 9.43. The van der Waals surface area contributed by atoms with Crippen LogP contribution in [-0.2, 0) is 5.41 Å². The second-order valence-electron chi connectivity index (χ2n) is 6.57. The Kier molecular flexibility index (Phi) is 2.38. The van der Waals surface area contributed by atoms with E-state index in [4.69, 9.17) is 5.73 Å². The van der Waals surface area contributed by atoms with Crippen molar-refractivity contribution < 1.29 is 0 Å². The molecule has 1 aromatic carbocycles. The van der Waals surface area contributed by atoms with Gasteiger partial charge in [-0.25, -0.2) is 0 Å². The van der Waals surface area contributed by atoms with Crippen LogP contribution in [0.4, 0.5) is 0 Å². The van der Waals surface area contributed by atoms with E-state index >= 15 is 0 Å². The van der Waals surface area contributed by atoms with Crippen molar-refractivity contribution in [3.63, 3.8) is 0 Å². The maximum absolute atomic E-state index is 6.10. The first-order chi connectivity index (χ1) is 8.07. The van der Waals surface area contributed by atoms with Gasteiger partial charge in [0.2, 0.25) is 0 Å². The first kappa shape index (κ1) is 11.3. The van der Waals surface area contributed by atoms with Gasteiger partial charge in [-0.3, -0.25) is 0 Å². The summed E-state index contributed by atoms with van der Waals surface area (Å²) in [5, 5.41) is 0. The second-order valence-corrected chi connectivity index (χ2v) is 6.57. The van der Waals surface area contributed by atoms with Crippen LogP contribution in [0.5, 0.6) is 0 Å². The van der Waals surface area contributed by atoms with Crippen molar-refractivity contribution in [1.82, 2.24) is 0 Å². The lowest BCUT2D eigenvalue weighted by Crippen LogP contribution is -2.56. The molecule has 0 aliphatic heterocycles. The third-order valence-corrected chi connectivity index (χ3v) is 5.07. The zero-order chi connectivity index (χ0) is 12.1. The molecule has 2 aliphatic rings. The topological polar surface area (TPSA) is 26.0 Å². The molecule has 0 atom stereocenters. The van der Waals surface area contributed by atoms with Gasteiger partial charge in [0.25, 0.3) is 0 Å². The summed E-state index contributed by atoms with van der Waals surface area (Å²) in [4.78, 5) is 0. The molecule has 0 amide bonds. The summed E-state index contributed by atoms with van der Waals surface area (Å²) >= 11 is 0. The van der Waals surface area contributed by atoms with Gasteiger partial charge >= 0.3 is 0 Å². The van der Waals surface area contributed by atoms with Crippen LogP contribution in [-0.4, -0.2) is 6.54 Å². The Hall–Kier alpha value is -0.820. The molecule has 1 nitrogen and oxygen atoms in total. The van der Waals surface area contributed by atoms with E-state index in [2.05, 4.69) is 32.0 Å². The predicted molar refractivity (Wildman–Crippen MR) is 72.2 cm³/mol. The lowest BCUT2D eigenvalue weighted by molar-refractivity contribution is -0.0447. The molecule has 0 heterocycles. The predicted octanol–water partition coefficient (Wildman–Crippen LogP) is 3.46. The van der Waals surface area contributed by atoms with Gasteiger partial charge in [0.15, 0.2) is 0 Å². The van der Waals surface area contributed by atoms with E-state index in [-0.39, 0.29) is 0 Å². The van der Waals surface area contributed by atoms with Crippen LogP contribution in [0.15, 0.2) is 18.2 Å². The SMILES string of the molecule is Cc1cc(C)cc(C2(CN)CC3(CCC3)C2)c1. The Labute approximate surface area is 104 Å². The molecule has 3 rings (SSSR count). The molecule has 0 radical (unpaired) electrons. The highest BCUT2D eigenvalue weighted by atomic mass is 14.7. The molecule has 2 N–H and O–H groups in total. The molecule has 1 heteroatoms. The Morgan fingerprint density at radius 1 is 1.06 bits per heavy atom. The van der Waals surface area contributed by atoms with Crippen molar-refractivity contribution in [2.24, 2.45) is 11.1 Å². The smallest absolute Gasteiger partial charge is 0.00863 e. The Bertz CT molecular complexity index is 415. The molecule has 1 spiro atoms. The van der Waals surface area contributed by atoms with Crippen molar-refractivity contribution >= 4 is 0 Å². The summed E-state index contributed by atoms with van der Waals surface area (Å²) < 4.78 is 0. The van der Waals surface area contributed by atoms with Gasteiger partial charge in [-0.15, -0.1) is 0 Å². The molecule has 17 heavy (non-hydrogen) atoms. The average molecular weight is 229 g/mol. The van der Waals surface area contributed by atoms with Crippen LogP contribution in [0.2, 0.25) is 0 Å². The zero-order valence-electron chi connectivity index (χ0n) is 11.1. The van der Waals surface area contributed by atoms with E-state index in [0.29, 0.717) is 10.8 Å². The quantitative estimate of drug-likeness (QED) is 0.825. The summed E-state index contributed by atoms with van der Waals surface area (Å²) in [6, 6.07) is 6.96. The minimum atomic E-state index is 0.303.